The van der Waals surface area contributed by atoms with Crippen molar-refractivity contribution in [3.05, 3.63) is 89.0 Å². The smallest absolute Gasteiger partial charge is 0.270 e. The molecule has 0 radical (unpaired) electrons. The van der Waals surface area contributed by atoms with E-state index in [1.54, 1.807) is 60.1 Å². The summed E-state index contributed by atoms with van der Waals surface area (Å²) >= 11 is 1.30. The molecule has 1 amide bonds. The van der Waals surface area contributed by atoms with E-state index in [0.717, 1.165) is 18.5 Å². The van der Waals surface area contributed by atoms with Gasteiger partial charge in [-0.15, -0.1) is 10.2 Å². The van der Waals surface area contributed by atoms with Crippen molar-refractivity contribution < 1.29 is 14.0 Å². The van der Waals surface area contributed by atoms with Crippen LogP contribution in [0.2, 0.25) is 0 Å². The Kier molecular flexibility index (Phi) is 6.25. The van der Waals surface area contributed by atoms with E-state index in [9.17, 15) is 14.0 Å². The van der Waals surface area contributed by atoms with Crippen LogP contribution in [-0.2, 0) is 0 Å². The van der Waals surface area contributed by atoms with Gasteiger partial charge in [0.25, 0.3) is 5.91 Å². The molecule has 5 rings (SSSR count). The number of nitrogens with one attached hydrogen (secondary N) is 1. The summed E-state index contributed by atoms with van der Waals surface area (Å²) in [6, 6.07) is 17.4. The molecule has 1 N–H and O–H groups in total. The van der Waals surface area contributed by atoms with Gasteiger partial charge in [-0.05, 0) is 57.0 Å². The van der Waals surface area contributed by atoms with E-state index in [0.29, 0.717) is 33.4 Å². The van der Waals surface area contributed by atoms with Crippen LogP contribution >= 0.6 is 11.8 Å². The quantitative estimate of drug-likeness (QED) is 0.272. The number of thioether (sulfide) groups is 1. The van der Waals surface area contributed by atoms with E-state index >= 15 is 0 Å². The number of amides is 1. The van der Waals surface area contributed by atoms with Gasteiger partial charge in [0, 0.05) is 28.6 Å². The number of Topliss-reactive ketones (excluding diaryl/α,β-unsaturated/α-hetero) is 1. The molecule has 35 heavy (non-hydrogen) atoms. The lowest BCUT2D eigenvalue weighted by molar-refractivity contribution is 0.0999. The van der Waals surface area contributed by atoms with E-state index in [2.05, 4.69) is 15.6 Å². The summed E-state index contributed by atoms with van der Waals surface area (Å²) in [5, 5.41) is 9.12. The average molecular weight is 490 g/mol. The van der Waals surface area contributed by atoms with Crippen LogP contribution in [-0.4, -0.2) is 36.9 Å². The van der Waals surface area contributed by atoms with Crippen molar-refractivity contribution >= 4 is 23.5 Å². The number of benzene rings is 2. The Labute approximate surface area is 206 Å². The molecule has 9 heteroatoms. The standard InChI is InChI=1S/C26H24FN5O2S/c1-16-14-21(17(2)32(16)30-25(34)18-8-4-3-5-9-18)23(33)15-35-26-29-28-24(31(26)19-12-13-19)20-10-6-7-11-22(20)27/h3-11,14,19H,12-13,15H2,1-2H3,(H,30,34). The van der Waals surface area contributed by atoms with E-state index in [4.69, 9.17) is 0 Å². The zero-order valence-electron chi connectivity index (χ0n) is 19.4. The minimum atomic E-state index is -0.348. The van der Waals surface area contributed by atoms with Crippen LogP contribution in [0.4, 0.5) is 4.39 Å². The van der Waals surface area contributed by atoms with Crippen LogP contribution in [0.1, 0.15) is 51.0 Å². The molecule has 1 aliphatic carbocycles. The molecule has 0 saturated heterocycles. The van der Waals surface area contributed by atoms with Crippen molar-refractivity contribution in [2.24, 2.45) is 0 Å². The Morgan fingerprint density at radius 3 is 2.49 bits per heavy atom. The molecule has 2 aromatic heterocycles. The molecule has 2 heterocycles. The fraction of sp³-hybridized carbons (Fsp3) is 0.231. The molecule has 0 atom stereocenters. The van der Waals surface area contributed by atoms with Crippen LogP contribution < -0.4 is 5.43 Å². The van der Waals surface area contributed by atoms with E-state index < -0.39 is 0 Å². The van der Waals surface area contributed by atoms with Gasteiger partial charge >= 0.3 is 0 Å². The average Bonchev–Trinajstić information content (AvgIpc) is 3.56. The molecule has 7 nitrogen and oxygen atoms in total. The largest absolute Gasteiger partial charge is 0.299 e. The molecular weight excluding hydrogens is 465 g/mol. The van der Waals surface area contributed by atoms with Crippen LogP contribution in [0.15, 0.2) is 65.8 Å². The van der Waals surface area contributed by atoms with Gasteiger partial charge < -0.3 is 0 Å². The maximum atomic E-state index is 14.4. The second-order valence-corrected chi connectivity index (χ2v) is 9.47. The maximum Gasteiger partial charge on any atom is 0.270 e. The second kappa shape index (κ2) is 9.50. The normalized spacial score (nSPS) is 13.1. The number of rotatable bonds is 8. The molecule has 0 unspecified atom stereocenters. The summed E-state index contributed by atoms with van der Waals surface area (Å²) < 4.78 is 18.0. The number of carbonyl (C=O) groups is 2. The number of halogens is 1. The molecule has 1 saturated carbocycles. The van der Waals surface area contributed by atoms with Crippen LogP contribution in [0.3, 0.4) is 0 Å². The number of hydrogen-bond acceptors (Lipinski definition) is 5. The summed E-state index contributed by atoms with van der Waals surface area (Å²) in [7, 11) is 0. The highest BCUT2D eigenvalue weighted by Gasteiger charge is 2.31. The summed E-state index contributed by atoms with van der Waals surface area (Å²) in [6.45, 7) is 3.64. The fourth-order valence-corrected chi connectivity index (χ4v) is 4.93. The van der Waals surface area contributed by atoms with Gasteiger partial charge in [-0.2, -0.15) is 0 Å². The monoisotopic (exact) mass is 489 g/mol. The highest BCUT2D eigenvalue weighted by Crippen LogP contribution is 2.41. The third-order valence-corrected chi connectivity index (χ3v) is 6.95. The van der Waals surface area contributed by atoms with Crippen LogP contribution in [0.5, 0.6) is 0 Å². The summed E-state index contributed by atoms with van der Waals surface area (Å²) in [5.41, 5.74) is 5.75. The van der Waals surface area contributed by atoms with Gasteiger partial charge in [0.05, 0.1) is 11.3 Å². The molecule has 1 fully saturated rings. The van der Waals surface area contributed by atoms with Crippen LogP contribution in [0, 0.1) is 19.7 Å². The summed E-state index contributed by atoms with van der Waals surface area (Å²) in [5.74, 6) is -0.0409. The van der Waals surface area contributed by atoms with Gasteiger partial charge in [0.2, 0.25) is 0 Å². The number of aryl methyl sites for hydroxylation is 1. The second-order valence-electron chi connectivity index (χ2n) is 8.53. The van der Waals surface area contributed by atoms with E-state index in [1.165, 1.54) is 17.8 Å². The number of nitrogens with zero attached hydrogens (tertiary/aromatic N) is 4. The number of carbonyl (C=O) groups excluding carboxylic acids is 2. The first-order valence-corrected chi connectivity index (χ1v) is 12.3. The maximum absolute atomic E-state index is 14.4. The molecule has 178 valence electrons. The zero-order chi connectivity index (χ0) is 24.5. The zero-order valence-corrected chi connectivity index (χ0v) is 20.2. The SMILES string of the molecule is Cc1cc(C(=O)CSc2nnc(-c3ccccc3F)n2C2CC2)c(C)n1NC(=O)c1ccccc1. The van der Waals surface area contributed by atoms with Crippen molar-refractivity contribution in [3.8, 4) is 11.4 Å². The van der Waals surface area contributed by atoms with Crippen molar-refractivity contribution in [2.45, 2.75) is 37.9 Å². The Morgan fingerprint density at radius 1 is 1.06 bits per heavy atom. The van der Waals surface area contributed by atoms with Crippen molar-refractivity contribution in [3.63, 3.8) is 0 Å². The number of aromatic nitrogens is 4. The van der Waals surface area contributed by atoms with Gasteiger partial charge in [-0.1, -0.05) is 42.1 Å². The minimum Gasteiger partial charge on any atom is -0.299 e. The lowest BCUT2D eigenvalue weighted by atomic mass is 10.2. The summed E-state index contributed by atoms with van der Waals surface area (Å²) in [4.78, 5) is 25.7. The van der Waals surface area contributed by atoms with Crippen molar-refractivity contribution in [2.75, 3.05) is 11.2 Å². The highest BCUT2D eigenvalue weighted by atomic mass is 32.2. The molecule has 0 spiro atoms. The van der Waals surface area contributed by atoms with Gasteiger partial charge in [-0.3, -0.25) is 24.3 Å². The fourth-order valence-electron chi connectivity index (χ4n) is 4.04. The molecular formula is C26H24FN5O2S. The lowest BCUT2D eigenvalue weighted by Crippen LogP contribution is -2.25. The van der Waals surface area contributed by atoms with Crippen LogP contribution in [0.25, 0.3) is 11.4 Å². The molecule has 2 aromatic carbocycles. The minimum absolute atomic E-state index is 0.0823. The molecule has 0 aliphatic heterocycles. The third-order valence-electron chi connectivity index (χ3n) is 6.00. The predicted molar refractivity (Wildman–Crippen MR) is 133 cm³/mol. The Bertz CT molecular complexity index is 1410. The summed E-state index contributed by atoms with van der Waals surface area (Å²) in [6.07, 6.45) is 1.95. The molecule has 1 aliphatic rings. The van der Waals surface area contributed by atoms with Crippen molar-refractivity contribution in [1.29, 1.82) is 0 Å². The highest BCUT2D eigenvalue weighted by molar-refractivity contribution is 7.99. The van der Waals surface area contributed by atoms with Crippen molar-refractivity contribution in [1.82, 2.24) is 19.4 Å². The molecule has 4 aromatic rings. The first-order chi connectivity index (χ1) is 16.9. The van der Waals surface area contributed by atoms with E-state index in [1.807, 2.05) is 17.6 Å². The topological polar surface area (TPSA) is 81.8 Å². The third kappa shape index (κ3) is 4.64. The Hall–Kier alpha value is -3.72. The van der Waals surface area contributed by atoms with Gasteiger partial charge in [0.15, 0.2) is 16.8 Å². The molecule has 0 bridgehead atoms. The Morgan fingerprint density at radius 2 is 1.77 bits per heavy atom. The van der Waals surface area contributed by atoms with E-state index in [-0.39, 0.29) is 29.3 Å². The number of hydrogen-bond donors (Lipinski definition) is 1. The lowest BCUT2D eigenvalue weighted by Gasteiger charge is -2.12. The first kappa shape index (κ1) is 23.0. The number of ketones is 1. The Balaban J connectivity index is 1.33. The van der Waals surface area contributed by atoms with Gasteiger partial charge in [0.1, 0.15) is 5.82 Å². The first-order valence-electron chi connectivity index (χ1n) is 11.3. The predicted octanol–water partition coefficient (Wildman–Crippen LogP) is 5.20. The van der Waals surface area contributed by atoms with Gasteiger partial charge in [-0.25, -0.2) is 4.39 Å².